The Balaban J connectivity index is 1.57. The van der Waals surface area contributed by atoms with Crippen molar-refractivity contribution >= 4 is 45.0 Å². The number of benzene rings is 1. The summed E-state index contributed by atoms with van der Waals surface area (Å²) in [7, 11) is 2.82. The fourth-order valence-electron chi connectivity index (χ4n) is 3.40. The molecule has 4 aromatic rings. The van der Waals surface area contributed by atoms with Crippen molar-refractivity contribution in [2.45, 2.75) is 12.6 Å². The van der Waals surface area contributed by atoms with E-state index in [9.17, 15) is 27.6 Å². The first kappa shape index (κ1) is 23.6. The van der Waals surface area contributed by atoms with E-state index in [1.54, 1.807) is 5.38 Å². The third kappa shape index (κ3) is 4.33. The largest absolute Gasteiger partial charge is 0.417 e. The van der Waals surface area contributed by atoms with E-state index in [2.05, 4.69) is 15.3 Å². The van der Waals surface area contributed by atoms with Gasteiger partial charge >= 0.3 is 11.9 Å². The Kier molecular flexibility index (Phi) is 6.04. The van der Waals surface area contributed by atoms with Crippen LogP contribution in [0.15, 0.2) is 45.4 Å². The van der Waals surface area contributed by atoms with Crippen LogP contribution in [0.1, 0.15) is 11.1 Å². The number of pyridine rings is 1. The molecule has 1 N–H and O–H groups in total. The minimum absolute atomic E-state index is 0.154. The number of aromatic nitrogens is 4. The topological polar surface area (TPSA) is 98.9 Å². The smallest absolute Gasteiger partial charge is 0.302 e. The predicted octanol–water partition coefficient (Wildman–Crippen LogP) is 3.61. The second kappa shape index (κ2) is 8.69. The molecule has 1 amide bonds. The molecule has 1 aromatic carbocycles. The van der Waals surface area contributed by atoms with Gasteiger partial charge in [-0.05, 0) is 23.8 Å². The summed E-state index contributed by atoms with van der Waals surface area (Å²) in [6.07, 6.45) is -3.35. The summed E-state index contributed by atoms with van der Waals surface area (Å²) < 4.78 is 40.9. The third-order valence-electron chi connectivity index (χ3n) is 5.10. The molecule has 3 heterocycles. The highest BCUT2D eigenvalue weighted by atomic mass is 35.5. The van der Waals surface area contributed by atoms with Crippen LogP contribution in [0.2, 0.25) is 5.02 Å². The Morgan fingerprint density at radius 1 is 1.18 bits per heavy atom. The lowest BCUT2D eigenvalue weighted by atomic mass is 10.1. The first-order valence-corrected chi connectivity index (χ1v) is 10.9. The minimum atomic E-state index is -4.57. The summed E-state index contributed by atoms with van der Waals surface area (Å²) in [5.41, 5.74) is -0.808. The van der Waals surface area contributed by atoms with Gasteiger partial charge in [-0.15, -0.1) is 11.3 Å². The number of carbonyl (C=O) groups excluding carboxylic acids is 1. The number of hydrogen-bond donors (Lipinski definition) is 1. The molecule has 0 saturated carbocycles. The summed E-state index contributed by atoms with van der Waals surface area (Å²) in [5, 5.41) is 4.10. The van der Waals surface area contributed by atoms with E-state index in [0.29, 0.717) is 16.8 Å². The molecule has 0 aliphatic carbocycles. The van der Waals surface area contributed by atoms with E-state index in [1.807, 2.05) is 0 Å². The molecule has 0 aliphatic heterocycles. The average molecular weight is 510 g/mol. The van der Waals surface area contributed by atoms with Crippen molar-refractivity contribution in [3.05, 3.63) is 72.8 Å². The van der Waals surface area contributed by atoms with Crippen molar-refractivity contribution in [3.63, 3.8) is 0 Å². The molecule has 0 atom stereocenters. The van der Waals surface area contributed by atoms with E-state index in [-0.39, 0.29) is 22.6 Å². The molecular formula is C21H15ClF3N5O3S. The van der Waals surface area contributed by atoms with Crippen LogP contribution >= 0.6 is 22.9 Å². The Morgan fingerprint density at radius 2 is 1.91 bits per heavy atom. The van der Waals surface area contributed by atoms with E-state index < -0.39 is 33.9 Å². The van der Waals surface area contributed by atoms with Crippen LogP contribution in [-0.2, 0) is 31.5 Å². The maximum atomic E-state index is 12.9. The number of fused-ring (bicyclic) bond motifs is 1. The number of nitrogens with one attached hydrogen (secondary N) is 1. The highest BCUT2D eigenvalue weighted by molar-refractivity contribution is 7.14. The molecular weight excluding hydrogens is 495 g/mol. The summed E-state index contributed by atoms with van der Waals surface area (Å²) in [4.78, 5) is 45.7. The van der Waals surface area contributed by atoms with Crippen molar-refractivity contribution in [1.29, 1.82) is 0 Å². The Bertz CT molecular complexity index is 1560. The number of rotatable bonds is 4. The van der Waals surface area contributed by atoms with Gasteiger partial charge in [-0.25, -0.2) is 14.8 Å². The van der Waals surface area contributed by atoms with Crippen LogP contribution in [0.4, 0.5) is 18.3 Å². The molecule has 4 rings (SSSR count). The predicted molar refractivity (Wildman–Crippen MR) is 122 cm³/mol. The Hall–Kier alpha value is -3.51. The number of hydrogen-bond acceptors (Lipinski definition) is 6. The van der Waals surface area contributed by atoms with Crippen molar-refractivity contribution in [2.24, 2.45) is 14.1 Å². The van der Waals surface area contributed by atoms with Gasteiger partial charge in [0, 0.05) is 31.2 Å². The number of nitrogens with zero attached hydrogens (tertiary/aromatic N) is 4. The molecule has 3 aromatic heterocycles. The zero-order chi connectivity index (χ0) is 24.8. The molecule has 8 nitrogen and oxygen atoms in total. The fraction of sp³-hybridized carbons (Fsp3) is 0.190. The Labute approximate surface area is 198 Å². The highest BCUT2D eigenvalue weighted by Crippen LogP contribution is 2.37. The SMILES string of the molecule is Cn1c(=O)c2c(CC(=O)Nc3nc(-c4ccc(C(F)(F)F)c(Cl)c4)cs3)ccnc2n(C)c1=O. The van der Waals surface area contributed by atoms with Gasteiger partial charge in [0.1, 0.15) is 5.65 Å². The van der Waals surface area contributed by atoms with Gasteiger partial charge in [-0.2, -0.15) is 13.2 Å². The van der Waals surface area contributed by atoms with E-state index in [1.165, 1.54) is 37.0 Å². The number of alkyl halides is 3. The van der Waals surface area contributed by atoms with E-state index >= 15 is 0 Å². The lowest BCUT2D eigenvalue weighted by molar-refractivity contribution is -0.137. The number of anilines is 1. The Morgan fingerprint density at radius 3 is 2.59 bits per heavy atom. The number of amides is 1. The van der Waals surface area contributed by atoms with Crippen molar-refractivity contribution < 1.29 is 18.0 Å². The van der Waals surface area contributed by atoms with Gasteiger partial charge in [0.2, 0.25) is 5.91 Å². The van der Waals surface area contributed by atoms with Crippen LogP contribution < -0.4 is 16.6 Å². The monoisotopic (exact) mass is 509 g/mol. The van der Waals surface area contributed by atoms with Crippen LogP contribution in [0.3, 0.4) is 0 Å². The number of thiazole rings is 1. The molecule has 0 bridgehead atoms. The standard InChI is InChI=1S/C21H15ClF3N5O3S/c1-29-17-16(18(32)30(2)20(29)33)11(5-6-26-17)8-15(31)28-19-27-14(9-34-19)10-3-4-12(13(22)7-10)21(23,24)25/h3-7,9H,8H2,1-2H3,(H,27,28,31). The molecule has 0 unspecified atom stereocenters. The minimum Gasteiger partial charge on any atom is -0.302 e. The van der Waals surface area contributed by atoms with Crippen LogP contribution in [0.5, 0.6) is 0 Å². The van der Waals surface area contributed by atoms with Crippen molar-refractivity contribution in [2.75, 3.05) is 5.32 Å². The number of halogens is 4. The van der Waals surface area contributed by atoms with Crippen LogP contribution in [-0.4, -0.2) is 25.0 Å². The van der Waals surface area contributed by atoms with Gasteiger partial charge in [0.25, 0.3) is 5.56 Å². The first-order valence-electron chi connectivity index (χ1n) is 9.63. The van der Waals surface area contributed by atoms with Gasteiger partial charge in [-0.1, -0.05) is 17.7 Å². The van der Waals surface area contributed by atoms with Gasteiger partial charge < -0.3 is 5.32 Å². The molecule has 34 heavy (non-hydrogen) atoms. The molecule has 176 valence electrons. The summed E-state index contributed by atoms with van der Waals surface area (Å²) in [6.45, 7) is 0. The maximum absolute atomic E-state index is 12.9. The third-order valence-corrected chi connectivity index (χ3v) is 6.17. The second-order valence-electron chi connectivity index (χ2n) is 7.33. The quantitative estimate of drug-likeness (QED) is 0.453. The van der Waals surface area contributed by atoms with Crippen molar-refractivity contribution in [1.82, 2.24) is 19.1 Å². The van der Waals surface area contributed by atoms with Crippen LogP contribution in [0.25, 0.3) is 22.3 Å². The maximum Gasteiger partial charge on any atom is 0.417 e. The fourth-order valence-corrected chi connectivity index (χ4v) is 4.42. The molecule has 0 radical (unpaired) electrons. The zero-order valence-corrected chi connectivity index (χ0v) is 19.2. The lowest BCUT2D eigenvalue weighted by Gasteiger charge is -2.10. The second-order valence-corrected chi connectivity index (χ2v) is 8.59. The van der Waals surface area contributed by atoms with Gasteiger partial charge in [-0.3, -0.25) is 18.7 Å². The number of carbonyl (C=O) groups is 1. The molecule has 0 spiro atoms. The number of aryl methyl sites for hydroxylation is 1. The molecule has 0 fully saturated rings. The van der Waals surface area contributed by atoms with Crippen LogP contribution in [0, 0.1) is 0 Å². The first-order chi connectivity index (χ1) is 16.0. The summed E-state index contributed by atoms with van der Waals surface area (Å²) in [5.74, 6) is -0.477. The normalized spacial score (nSPS) is 11.7. The molecule has 0 saturated heterocycles. The lowest BCUT2D eigenvalue weighted by Crippen LogP contribution is -2.37. The summed E-state index contributed by atoms with van der Waals surface area (Å²) >= 11 is 6.85. The van der Waals surface area contributed by atoms with Gasteiger partial charge in [0.15, 0.2) is 5.13 Å². The zero-order valence-electron chi connectivity index (χ0n) is 17.6. The van der Waals surface area contributed by atoms with Crippen molar-refractivity contribution in [3.8, 4) is 11.3 Å². The molecule has 13 heteroatoms. The van der Waals surface area contributed by atoms with E-state index in [4.69, 9.17) is 11.6 Å². The highest BCUT2D eigenvalue weighted by Gasteiger charge is 2.33. The van der Waals surface area contributed by atoms with E-state index in [0.717, 1.165) is 28.0 Å². The van der Waals surface area contributed by atoms with Gasteiger partial charge in [0.05, 0.1) is 28.1 Å². The molecule has 0 aliphatic rings. The average Bonchev–Trinajstić information content (AvgIpc) is 3.23. The summed E-state index contributed by atoms with van der Waals surface area (Å²) in [6, 6.07) is 4.80.